The average Bonchev–Trinajstić information content (AvgIpc) is 2.25. The molecule has 0 saturated carbocycles. The summed E-state index contributed by atoms with van der Waals surface area (Å²) in [5.74, 6) is 4.32. The lowest BCUT2D eigenvalue weighted by atomic mass is 10.1. The minimum absolute atomic E-state index is 0.284. The smallest absolute Gasteiger partial charge is 0.339 e. The van der Waals surface area contributed by atoms with Crippen molar-refractivity contribution in [3.8, 4) is 17.9 Å². The third-order valence-electron chi connectivity index (χ3n) is 1.72. The number of nitrogens with two attached hydrogens (primary N) is 1. The summed E-state index contributed by atoms with van der Waals surface area (Å²) in [6, 6.07) is 6.34. The van der Waals surface area contributed by atoms with E-state index in [0.717, 1.165) is 0 Å². The summed E-state index contributed by atoms with van der Waals surface area (Å²) in [7, 11) is 1.28. The molecule has 0 radical (unpaired) electrons. The third kappa shape index (κ3) is 2.49. The molecule has 0 unspecified atom stereocenters. The number of nitrogen functional groups attached to an aromatic ring is 1. The Balaban J connectivity index is 3.10. The monoisotopic (exact) mass is 200 g/mol. The van der Waals surface area contributed by atoms with Crippen LogP contribution in [0.3, 0.4) is 0 Å². The summed E-state index contributed by atoms with van der Waals surface area (Å²) in [6.45, 7) is 0. The maximum atomic E-state index is 11.2. The van der Waals surface area contributed by atoms with Crippen LogP contribution in [-0.2, 0) is 4.74 Å². The van der Waals surface area contributed by atoms with Crippen LogP contribution in [0, 0.1) is 23.2 Å². The van der Waals surface area contributed by atoms with Crippen LogP contribution in [-0.4, -0.2) is 13.1 Å². The van der Waals surface area contributed by atoms with Crippen LogP contribution in [0.1, 0.15) is 15.9 Å². The molecule has 0 aliphatic heterocycles. The SMILES string of the molecule is COC(=O)c1ccc(C#CC#N)cc1N. The Morgan fingerprint density at radius 2 is 2.27 bits per heavy atom. The standard InChI is InChI=1S/C11H8N2O2/c1-15-11(14)9-5-4-8(3-2-6-12)7-10(9)13/h4-5,7H,13H2,1H3. The molecule has 74 valence electrons. The van der Waals surface area contributed by atoms with Gasteiger partial charge in [-0.1, -0.05) is 5.92 Å². The number of nitriles is 1. The largest absolute Gasteiger partial charge is 0.465 e. The number of esters is 1. The van der Waals surface area contributed by atoms with E-state index < -0.39 is 5.97 Å². The van der Waals surface area contributed by atoms with Crippen molar-refractivity contribution >= 4 is 11.7 Å². The van der Waals surface area contributed by atoms with Crippen molar-refractivity contribution in [1.29, 1.82) is 5.26 Å². The molecule has 0 spiro atoms. The van der Waals surface area contributed by atoms with Gasteiger partial charge in [0.05, 0.1) is 12.7 Å². The Morgan fingerprint density at radius 1 is 1.53 bits per heavy atom. The van der Waals surface area contributed by atoms with Gasteiger partial charge in [-0.25, -0.2) is 4.79 Å². The Labute approximate surface area is 87.3 Å². The highest BCUT2D eigenvalue weighted by Crippen LogP contribution is 2.14. The number of hydrogen-bond donors (Lipinski definition) is 1. The fraction of sp³-hybridized carbons (Fsp3) is 0.0909. The summed E-state index contributed by atoms with van der Waals surface area (Å²) in [6.07, 6.45) is 0. The van der Waals surface area contributed by atoms with Crippen molar-refractivity contribution in [1.82, 2.24) is 0 Å². The van der Waals surface area contributed by atoms with Crippen molar-refractivity contribution in [2.45, 2.75) is 0 Å². The van der Waals surface area contributed by atoms with Crippen LogP contribution < -0.4 is 5.73 Å². The second-order valence-corrected chi connectivity index (χ2v) is 2.66. The number of carbonyl (C=O) groups excluding carboxylic acids is 1. The van der Waals surface area contributed by atoms with Gasteiger partial charge >= 0.3 is 5.97 Å². The van der Waals surface area contributed by atoms with Crippen LogP contribution in [0.5, 0.6) is 0 Å². The van der Waals surface area contributed by atoms with Crippen LogP contribution in [0.4, 0.5) is 5.69 Å². The fourth-order valence-electron chi connectivity index (χ4n) is 1.04. The first-order valence-electron chi connectivity index (χ1n) is 4.07. The molecular formula is C11H8N2O2. The van der Waals surface area contributed by atoms with Crippen LogP contribution in [0.15, 0.2) is 18.2 Å². The van der Waals surface area contributed by atoms with E-state index in [2.05, 4.69) is 16.6 Å². The molecule has 0 amide bonds. The number of hydrogen-bond acceptors (Lipinski definition) is 4. The summed E-state index contributed by atoms with van der Waals surface area (Å²) in [5, 5.41) is 8.25. The highest BCUT2D eigenvalue weighted by atomic mass is 16.5. The van der Waals surface area contributed by atoms with Crippen molar-refractivity contribution in [2.24, 2.45) is 0 Å². The van der Waals surface area contributed by atoms with Gasteiger partial charge in [0.2, 0.25) is 0 Å². The lowest BCUT2D eigenvalue weighted by Crippen LogP contribution is -2.05. The summed E-state index contributed by atoms with van der Waals surface area (Å²) in [4.78, 5) is 11.2. The van der Waals surface area contributed by atoms with Gasteiger partial charge in [0, 0.05) is 17.2 Å². The van der Waals surface area contributed by atoms with Gasteiger partial charge in [-0.3, -0.25) is 0 Å². The third-order valence-corrected chi connectivity index (χ3v) is 1.72. The van der Waals surface area contributed by atoms with E-state index in [0.29, 0.717) is 11.1 Å². The summed E-state index contributed by atoms with van der Waals surface area (Å²) in [5.41, 5.74) is 6.78. The molecule has 1 aromatic carbocycles. The number of carbonyl (C=O) groups is 1. The molecule has 0 aliphatic rings. The zero-order valence-electron chi connectivity index (χ0n) is 8.07. The lowest BCUT2D eigenvalue weighted by Gasteiger charge is -2.03. The van der Waals surface area contributed by atoms with E-state index >= 15 is 0 Å². The van der Waals surface area contributed by atoms with Gasteiger partial charge in [-0.05, 0) is 18.2 Å². The number of anilines is 1. The Kier molecular flexibility index (Phi) is 3.32. The predicted octanol–water partition coefficient (Wildman–Crippen LogP) is 0.930. The lowest BCUT2D eigenvalue weighted by molar-refractivity contribution is 0.0602. The number of benzene rings is 1. The number of rotatable bonds is 1. The topological polar surface area (TPSA) is 76.1 Å². The maximum absolute atomic E-state index is 11.2. The molecule has 15 heavy (non-hydrogen) atoms. The molecule has 1 aromatic rings. The van der Waals surface area contributed by atoms with E-state index in [1.165, 1.54) is 19.2 Å². The normalized spacial score (nSPS) is 8.27. The quantitative estimate of drug-likeness (QED) is 0.415. The minimum atomic E-state index is -0.493. The molecule has 0 saturated heterocycles. The van der Waals surface area contributed by atoms with Gasteiger partial charge in [-0.15, -0.1) is 0 Å². The molecule has 0 aliphatic carbocycles. The Bertz CT molecular complexity index is 490. The fourth-order valence-corrected chi connectivity index (χ4v) is 1.04. The van der Waals surface area contributed by atoms with E-state index in [1.807, 2.05) is 0 Å². The number of methoxy groups -OCH3 is 1. The molecule has 0 aromatic heterocycles. The molecule has 4 heteroatoms. The molecule has 4 nitrogen and oxygen atoms in total. The van der Waals surface area contributed by atoms with E-state index in [1.54, 1.807) is 12.1 Å². The highest BCUT2D eigenvalue weighted by molar-refractivity contribution is 5.95. The van der Waals surface area contributed by atoms with Crippen LogP contribution in [0.2, 0.25) is 0 Å². The highest BCUT2D eigenvalue weighted by Gasteiger charge is 2.09. The summed E-state index contributed by atoms with van der Waals surface area (Å²) >= 11 is 0. The van der Waals surface area contributed by atoms with Gasteiger partial charge < -0.3 is 10.5 Å². The molecule has 0 fully saturated rings. The average molecular weight is 200 g/mol. The molecule has 1 rings (SSSR count). The van der Waals surface area contributed by atoms with E-state index in [9.17, 15) is 4.79 Å². The first kappa shape index (κ1) is 10.6. The van der Waals surface area contributed by atoms with Crippen LogP contribution >= 0.6 is 0 Å². The summed E-state index contributed by atoms with van der Waals surface area (Å²) < 4.78 is 4.53. The van der Waals surface area contributed by atoms with Crippen molar-refractivity contribution in [2.75, 3.05) is 12.8 Å². The zero-order valence-corrected chi connectivity index (χ0v) is 8.07. The van der Waals surface area contributed by atoms with Gasteiger partial charge in [-0.2, -0.15) is 5.26 Å². The Hall–Kier alpha value is -2.46. The zero-order chi connectivity index (χ0) is 11.3. The number of nitrogens with zero attached hydrogens (tertiary/aromatic N) is 1. The Morgan fingerprint density at radius 3 is 2.80 bits per heavy atom. The van der Waals surface area contributed by atoms with Crippen molar-refractivity contribution < 1.29 is 9.53 Å². The molecule has 0 atom stereocenters. The first-order valence-corrected chi connectivity index (χ1v) is 4.07. The second kappa shape index (κ2) is 4.69. The van der Waals surface area contributed by atoms with Crippen molar-refractivity contribution in [3.05, 3.63) is 29.3 Å². The number of ether oxygens (including phenoxy) is 1. The second-order valence-electron chi connectivity index (χ2n) is 2.66. The first-order chi connectivity index (χ1) is 7.19. The van der Waals surface area contributed by atoms with Gasteiger partial charge in [0.25, 0.3) is 0 Å². The van der Waals surface area contributed by atoms with E-state index in [4.69, 9.17) is 11.0 Å². The van der Waals surface area contributed by atoms with Gasteiger partial charge in [0.1, 0.15) is 0 Å². The van der Waals surface area contributed by atoms with Gasteiger partial charge in [0.15, 0.2) is 6.07 Å². The van der Waals surface area contributed by atoms with Crippen molar-refractivity contribution in [3.63, 3.8) is 0 Å². The van der Waals surface area contributed by atoms with Crippen LogP contribution in [0.25, 0.3) is 0 Å². The predicted molar refractivity (Wildman–Crippen MR) is 54.7 cm³/mol. The minimum Gasteiger partial charge on any atom is -0.465 e. The van der Waals surface area contributed by atoms with E-state index in [-0.39, 0.29) is 5.69 Å². The molecule has 0 bridgehead atoms. The molecular weight excluding hydrogens is 192 g/mol. The maximum Gasteiger partial charge on any atom is 0.339 e. The molecule has 0 heterocycles. The molecule has 2 N–H and O–H groups in total.